The van der Waals surface area contributed by atoms with Crippen molar-refractivity contribution in [2.75, 3.05) is 9.80 Å². The van der Waals surface area contributed by atoms with E-state index in [4.69, 9.17) is 0 Å². The number of hydrogen-bond donors (Lipinski definition) is 0. The number of benzene rings is 20. The van der Waals surface area contributed by atoms with E-state index in [0.717, 1.165) is 34.1 Å². The first kappa shape index (κ1) is 75.1. The molecule has 604 valence electrons. The van der Waals surface area contributed by atoms with Gasteiger partial charge in [0.25, 0.3) is 0 Å². The summed E-state index contributed by atoms with van der Waals surface area (Å²) in [5.41, 5.74) is 41.0. The molecule has 0 radical (unpaired) electrons. The van der Waals surface area contributed by atoms with Crippen LogP contribution in [0.2, 0.25) is 0 Å². The zero-order valence-corrected chi connectivity index (χ0v) is 71.9. The average molecular weight is 1630 g/mol. The molecule has 26 rings (SSSR count). The summed E-state index contributed by atoms with van der Waals surface area (Å²) in [6.45, 7) is 9.52. The van der Waals surface area contributed by atoms with Crippen LogP contribution < -0.4 is 9.80 Å². The second kappa shape index (κ2) is 28.5. The van der Waals surface area contributed by atoms with Gasteiger partial charge >= 0.3 is 0 Å². The van der Waals surface area contributed by atoms with Gasteiger partial charge in [-0.3, -0.25) is 0 Å². The van der Waals surface area contributed by atoms with Gasteiger partial charge in [0, 0.05) is 44.7 Å². The van der Waals surface area contributed by atoms with E-state index in [0.29, 0.717) is 0 Å². The Balaban J connectivity index is 0.000000141. The van der Waals surface area contributed by atoms with Crippen molar-refractivity contribution in [1.29, 1.82) is 0 Å². The molecule has 0 aromatic heterocycles. The first-order valence-corrected chi connectivity index (χ1v) is 45.2. The molecule has 6 aliphatic rings. The standard InChI is InChI=1S/C68H51N.C58H39N/c1-65(2)56-29-15-12-27-51(56)54-41-46(37-40-57(54)65)69(47-35-38-52-49-25-11-14-28-55(49)66(3,4)63(52)42-47)48-36-39-53-50-26-13-16-30-58(50)68(64(53)43-48)61-33-19-17-31-59(61)67(44-21-7-5-8-22-44,45-23-9-6-10-24-45)60-32-18-20-34-62(60)68;1-3-22-43(23-4-1)57(44-24-5-2-6-25-44)51-29-13-15-31-53(51)58(54-32-16-14-30-52(54)57)50-28-12-11-27-48(50)49-37-36-46(39-55(49)58)59(45-35-34-40-18-7-8-20-42(40)38-45)56-33-17-21-41-19-9-10-26-47(41)56/h5-43H,1-4H3;1-39H. The van der Waals surface area contributed by atoms with Crippen LogP contribution in [0.5, 0.6) is 0 Å². The second-order valence-electron chi connectivity index (χ2n) is 36.7. The molecule has 0 fully saturated rings. The molecule has 20 aromatic rings. The van der Waals surface area contributed by atoms with Crippen LogP contribution in [-0.2, 0) is 32.5 Å². The van der Waals surface area contributed by atoms with Crippen LogP contribution in [0.15, 0.2) is 473 Å². The van der Waals surface area contributed by atoms with Crippen LogP contribution in [0.3, 0.4) is 0 Å². The molecule has 2 heteroatoms. The Morgan fingerprint density at radius 2 is 0.422 bits per heavy atom. The third-order valence-corrected chi connectivity index (χ3v) is 30.0. The van der Waals surface area contributed by atoms with E-state index in [9.17, 15) is 0 Å². The van der Waals surface area contributed by atoms with Gasteiger partial charge < -0.3 is 9.80 Å². The molecular weight excluding hydrogens is 1540 g/mol. The van der Waals surface area contributed by atoms with Gasteiger partial charge in [0.05, 0.1) is 27.3 Å². The molecule has 0 N–H and O–H groups in total. The minimum absolute atomic E-state index is 0.0964. The highest BCUT2D eigenvalue weighted by atomic mass is 15.2. The maximum absolute atomic E-state index is 2.55. The highest BCUT2D eigenvalue weighted by molar-refractivity contribution is 6.02. The quantitative estimate of drug-likeness (QED) is 0.135. The zero-order chi connectivity index (χ0) is 85.2. The van der Waals surface area contributed by atoms with E-state index in [-0.39, 0.29) is 10.8 Å². The fourth-order valence-corrected chi connectivity index (χ4v) is 24.7. The molecule has 0 saturated carbocycles. The summed E-state index contributed by atoms with van der Waals surface area (Å²) in [7, 11) is 0. The highest BCUT2D eigenvalue weighted by Crippen LogP contribution is 2.68. The Morgan fingerprint density at radius 3 is 0.867 bits per heavy atom. The Morgan fingerprint density at radius 1 is 0.148 bits per heavy atom. The molecule has 0 aliphatic heterocycles. The van der Waals surface area contributed by atoms with Crippen molar-refractivity contribution in [1.82, 2.24) is 0 Å². The van der Waals surface area contributed by atoms with Gasteiger partial charge in [-0.2, -0.15) is 0 Å². The molecule has 0 saturated heterocycles. The molecule has 0 bridgehead atoms. The van der Waals surface area contributed by atoms with E-state index < -0.39 is 21.7 Å². The van der Waals surface area contributed by atoms with Crippen molar-refractivity contribution in [2.24, 2.45) is 0 Å². The van der Waals surface area contributed by atoms with Crippen molar-refractivity contribution in [3.8, 4) is 44.5 Å². The monoisotopic (exact) mass is 1630 g/mol. The lowest BCUT2D eigenvalue weighted by molar-refractivity contribution is 0.623. The van der Waals surface area contributed by atoms with Gasteiger partial charge in [-0.1, -0.05) is 434 Å². The van der Waals surface area contributed by atoms with Crippen LogP contribution in [0.25, 0.3) is 66.1 Å². The number of anilines is 6. The van der Waals surface area contributed by atoms with Crippen LogP contribution in [0.1, 0.15) is 139 Å². The lowest BCUT2D eigenvalue weighted by Gasteiger charge is -2.50. The van der Waals surface area contributed by atoms with Gasteiger partial charge in [-0.05, 0) is 239 Å². The normalized spacial score (nSPS) is 15.1. The smallest absolute Gasteiger partial charge is 0.0720 e. The zero-order valence-electron chi connectivity index (χ0n) is 71.9. The SMILES string of the molecule is CC1(C)c2ccccc2-c2cc(N(c3ccc4c(c3)C(C)(C)c3ccccc3-4)c3ccc4c(c3)C3(c5ccccc5-4)c4ccccc4C(c4ccccc4)(c4ccccc4)c4ccccc43)ccc21.c1ccc(C2(c3ccccc3)c3ccccc3C3(c4ccccc4-c4ccc(N(c5ccc6ccccc6c5)c5cccc6ccccc56)cc43)c3ccccc32)cc1. The van der Waals surface area contributed by atoms with E-state index >= 15 is 0 Å². The summed E-state index contributed by atoms with van der Waals surface area (Å²) in [6.07, 6.45) is 0. The summed E-state index contributed by atoms with van der Waals surface area (Å²) in [5, 5.41) is 4.88. The van der Waals surface area contributed by atoms with Crippen LogP contribution in [0, 0.1) is 0 Å². The molecule has 0 unspecified atom stereocenters. The summed E-state index contributed by atoms with van der Waals surface area (Å²) >= 11 is 0. The van der Waals surface area contributed by atoms with Gasteiger partial charge in [0.15, 0.2) is 0 Å². The molecule has 6 aliphatic carbocycles. The number of nitrogens with zero attached hydrogens (tertiary/aromatic N) is 2. The van der Waals surface area contributed by atoms with Gasteiger partial charge in [-0.25, -0.2) is 0 Å². The maximum atomic E-state index is 2.55. The Kier molecular flexibility index (Phi) is 16.7. The number of rotatable bonds is 10. The lowest BCUT2D eigenvalue weighted by atomic mass is 9.51. The minimum atomic E-state index is -0.615. The topological polar surface area (TPSA) is 6.48 Å². The predicted molar refractivity (Wildman–Crippen MR) is 531 cm³/mol. The molecule has 0 heterocycles. The lowest BCUT2D eigenvalue weighted by Crippen LogP contribution is -2.44. The molecule has 2 spiro atoms. The molecule has 20 aromatic carbocycles. The fourth-order valence-electron chi connectivity index (χ4n) is 24.7. The third kappa shape index (κ3) is 10.4. The minimum Gasteiger partial charge on any atom is -0.310 e. The molecule has 0 amide bonds. The Hall–Kier alpha value is -15.5. The van der Waals surface area contributed by atoms with Gasteiger partial charge in [-0.15, -0.1) is 0 Å². The highest BCUT2D eigenvalue weighted by Gasteiger charge is 2.59. The van der Waals surface area contributed by atoms with Crippen molar-refractivity contribution in [3.63, 3.8) is 0 Å². The van der Waals surface area contributed by atoms with Crippen LogP contribution >= 0.6 is 0 Å². The average Bonchev–Trinajstić information content (AvgIpc) is 1.40. The largest absolute Gasteiger partial charge is 0.310 e. The van der Waals surface area contributed by atoms with Gasteiger partial charge in [0.1, 0.15) is 0 Å². The van der Waals surface area contributed by atoms with Crippen molar-refractivity contribution >= 4 is 55.7 Å². The summed E-state index contributed by atoms with van der Waals surface area (Å²) in [4.78, 5) is 5.02. The Labute approximate surface area is 749 Å². The predicted octanol–water partition coefficient (Wildman–Crippen LogP) is 31.4. The molecular formula is C126H90N2. The first-order chi connectivity index (χ1) is 63.0. The Bertz CT molecular complexity index is 7720. The maximum Gasteiger partial charge on any atom is 0.0720 e. The third-order valence-electron chi connectivity index (χ3n) is 30.0. The summed E-state index contributed by atoms with van der Waals surface area (Å²) in [5.74, 6) is 0. The van der Waals surface area contributed by atoms with Crippen molar-refractivity contribution in [3.05, 3.63) is 584 Å². The fraction of sp³-hybridized carbons (Fsp3) is 0.0794. The number of hydrogen-bond acceptors (Lipinski definition) is 2. The van der Waals surface area contributed by atoms with Crippen LogP contribution in [0.4, 0.5) is 34.1 Å². The molecule has 128 heavy (non-hydrogen) atoms. The van der Waals surface area contributed by atoms with E-state index in [1.165, 1.54) is 177 Å². The van der Waals surface area contributed by atoms with Crippen LogP contribution in [-0.4, -0.2) is 0 Å². The van der Waals surface area contributed by atoms with Crippen molar-refractivity contribution in [2.45, 2.75) is 60.2 Å². The molecule has 2 nitrogen and oxygen atoms in total. The number of fused-ring (bicyclic) bond motifs is 26. The summed E-state index contributed by atoms with van der Waals surface area (Å²) < 4.78 is 0. The van der Waals surface area contributed by atoms with E-state index in [2.05, 4.69) is 511 Å². The van der Waals surface area contributed by atoms with Gasteiger partial charge in [0.2, 0.25) is 0 Å². The summed E-state index contributed by atoms with van der Waals surface area (Å²) in [6, 6.07) is 178. The second-order valence-corrected chi connectivity index (χ2v) is 36.7. The molecule has 0 atom stereocenters. The van der Waals surface area contributed by atoms with E-state index in [1.807, 2.05) is 0 Å². The van der Waals surface area contributed by atoms with E-state index in [1.54, 1.807) is 0 Å². The first-order valence-electron chi connectivity index (χ1n) is 45.2. The van der Waals surface area contributed by atoms with Crippen molar-refractivity contribution < 1.29 is 0 Å².